The smallest absolute Gasteiger partial charge is 0.327 e. The number of ether oxygens (including phenoxy) is 2. The Morgan fingerprint density at radius 2 is 1.12 bits per heavy atom. The van der Waals surface area contributed by atoms with Crippen LogP contribution in [0, 0.1) is 0 Å². The lowest BCUT2D eigenvalue weighted by Gasteiger charge is -2.15. The first-order chi connectivity index (χ1) is 15.3. The molecule has 0 spiro atoms. The predicted molar refractivity (Wildman–Crippen MR) is 122 cm³/mol. The van der Waals surface area contributed by atoms with Gasteiger partial charge >= 0.3 is 11.9 Å². The molecule has 2 rings (SSSR count). The molecule has 2 aromatic rings. The van der Waals surface area contributed by atoms with Gasteiger partial charge in [0.1, 0.15) is 23.6 Å². The molecule has 0 aliphatic heterocycles. The van der Waals surface area contributed by atoms with E-state index in [1.807, 2.05) is 0 Å². The van der Waals surface area contributed by atoms with E-state index in [0.717, 1.165) is 0 Å². The van der Waals surface area contributed by atoms with Crippen molar-refractivity contribution in [2.75, 3.05) is 24.7 Å². The SMILES string of the molecule is O=C(COc1cccc2c(OCC(=O)N[C@@H](CS)C(=O)O)cccc12)N[C@@H](CS)C(=O)O. The Kier molecular flexibility index (Phi) is 9.47. The fourth-order valence-electron chi connectivity index (χ4n) is 2.63. The van der Waals surface area contributed by atoms with Crippen molar-refractivity contribution in [2.45, 2.75) is 12.1 Å². The molecule has 0 radical (unpaired) electrons. The Balaban J connectivity index is 2.07. The van der Waals surface area contributed by atoms with Crippen molar-refractivity contribution < 1.29 is 38.9 Å². The highest BCUT2D eigenvalue weighted by Crippen LogP contribution is 2.32. The van der Waals surface area contributed by atoms with Gasteiger partial charge < -0.3 is 30.3 Å². The summed E-state index contributed by atoms with van der Waals surface area (Å²) in [6, 6.07) is 7.78. The van der Waals surface area contributed by atoms with E-state index >= 15 is 0 Å². The van der Waals surface area contributed by atoms with Crippen LogP contribution in [0.2, 0.25) is 0 Å². The first-order valence-corrected chi connectivity index (χ1v) is 10.6. The minimum Gasteiger partial charge on any atom is -0.483 e. The first-order valence-electron chi connectivity index (χ1n) is 9.30. The highest BCUT2D eigenvalue weighted by Gasteiger charge is 2.20. The van der Waals surface area contributed by atoms with Crippen molar-refractivity contribution in [3.63, 3.8) is 0 Å². The van der Waals surface area contributed by atoms with Crippen molar-refractivity contribution in [1.82, 2.24) is 10.6 Å². The molecule has 172 valence electrons. The van der Waals surface area contributed by atoms with Gasteiger partial charge in [-0.05, 0) is 12.1 Å². The van der Waals surface area contributed by atoms with Gasteiger partial charge in [-0.2, -0.15) is 25.3 Å². The van der Waals surface area contributed by atoms with E-state index in [0.29, 0.717) is 22.3 Å². The van der Waals surface area contributed by atoms with Crippen molar-refractivity contribution in [2.24, 2.45) is 0 Å². The van der Waals surface area contributed by atoms with Crippen LogP contribution in [0.15, 0.2) is 36.4 Å². The fraction of sp³-hybridized carbons (Fsp3) is 0.300. The molecule has 0 aliphatic carbocycles. The molecule has 2 atom stereocenters. The van der Waals surface area contributed by atoms with Crippen LogP contribution < -0.4 is 20.1 Å². The van der Waals surface area contributed by atoms with Crippen LogP contribution in [-0.4, -0.2) is 70.8 Å². The summed E-state index contributed by atoms with van der Waals surface area (Å²) in [6.07, 6.45) is 0. The van der Waals surface area contributed by atoms with Crippen LogP contribution in [0.4, 0.5) is 0 Å². The highest BCUT2D eigenvalue weighted by molar-refractivity contribution is 7.80. The van der Waals surface area contributed by atoms with E-state index in [1.54, 1.807) is 36.4 Å². The van der Waals surface area contributed by atoms with Crippen molar-refractivity contribution in [1.29, 1.82) is 0 Å². The van der Waals surface area contributed by atoms with Gasteiger partial charge in [0.2, 0.25) is 0 Å². The van der Waals surface area contributed by atoms with E-state index in [4.69, 9.17) is 19.7 Å². The van der Waals surface area contributed by atoms with Gasteiger partial charge in [0.25, 0.3) is 11.8 Å². The van der Waals surface area contributed by atoms with E-state index in [2.05, 4.69) is 35.9 Å². The second-order valence-corrected chi connectivity index (χ2v) is 7.20. The Morgan fingerprint density at radius 1 is 0.750 bits per heavy atom. The molecule has 2 aromatic carbocycles. The lowest BCUT2D eigenvalue weighted by atomic mass is 10.1. The molecule has 0 fully saturated rings. The number of thiol groups is 2. The number of hydrogen-bond acceptors (Lipinski definition) is 8. The number of rotatable bonds is 12. The van der Waals surface area contributed by atoms with Crippen LogP contribution in [0.5, 0.6) is 11.5 Å². The number of amides is 2. The van der Waals surface area contributed by atoms with Gasteiger partial charge in [-0.15, -0.1) is 0 Å². The number of aliphatic carboxylic acids is 2. The number of hydrogen-bond donors (Lipinski definition) is 6. The van der Waals surface area contributed by atoms with Gasteiger partial charge in [-0.1, -0.05) is 24.3 Å². The Labute approximate surface area is 194 Å². The summed E-state index contributed by atoms with van der Waals surface area (Å²) >= 11 is 7.77. The number of nitrogens with one attached hydrogen (secondary N) is 2. The van der Waals surface area contributed by atoms with Crippen molar-refractivity contribution in [3.8, 4) is 11.5 Å². The summed E-state index contributed by atoms with van der Waals surface area (Å²) in [6.45, 7) is -0.824. The van der Waals surface area contributed by atoms with Crippen LogP contribution >= 0.6 is 25.3 Å². The maximum Gasteiger partial charge on any atom is 0.327 e. The van der Waals surface area contributed by atoms with E-state index < -0.39 is 49.1 Å². The maximum absolute atomic E-state index is 12.0. The van der Waals surface area contributed by atoms with Gasteiger partial charge in [0.15, 0.2) is 13.2 Å². The molecule has 0 aromatic heterocycles. The molecule has 0 heterocycles. The summed E-state index contributed by atoms with van der Waals surface area (Å²) in [5.74, 6) is -3.07. The minimum absolute atomic E-state index is 0.0647. The molecular weight excluding hydrogens is 460 g/mol. The van der Waals surface area contributed by atoms with Gasteiger partial charge in [-0.25, -0.2) is 9.59 Å². The Morgan fingerprint density at radius 3 is 1.44 bits per heavy atom. The van der Waals surface area contributed by atoms with Gasteiger partial charge in [-0.3, -0.25) is 9.59 Å². The minimum atomic E-state index is -1.20. The summed E-state index contributed by atoms with van der Waals surface area (Å²) in [4.78, 5) is 45.9. The van der Waals surface area contributed by atoms with Crippen molar-refractivity contribution in [3.05, 3.63) is 36.4 Å². The zero-order valence-electron chi connectivity index (χ0n) is 16.7. The summed E-state index contributed by atoms with van der Waals surface area (Å²) in [5.41, 5.74) is 0. The summed E-state index contributed by atoms with van der Waals surface area (Å²) in [5, 5.41) is 23.8. The number of benzene rings is 2. The third kappa shape index (κ3) is 6.95. The standard InChI is InChI=1S/C20H22N2O8S2/c23-17(21-13(9-31)19(25)26)7-29-15-5-1-3-11-12(15)4-2-6-16(11)30-8-18(24)22-14(10-32)20(27)28/h1-6,13-14,31-32H,7-10H2,(H,21,23)(H,22,24)(H,25,26)(H,27,28)/t13-,14-/m0/s1. The lowest BCUT2D eigenvalue weighted by molar-refractivity contribution is -0.141. The quantitative estimate of drug-likeness (QED) is 0.241. The molecule has 0 saturated carbocycles. The third-order valence-corrected chi connectivity index (χ3v) is 4.92. The maximum atomic E-state index is 12.0. The molecule has 0 saturated heterocycles. The zero-order valence-corrected chi connectivity index (χ0v) is 18.5. The normalized spacial score (nSPS) is 12.4. The van der Waals surface area contributed by atoms with Crippen LogP contribution in [0.1, 0.15) is 0 Å². The molecule has 2 amide bonds. The monoisotopic (exact) mass is 482 g/mol. The fourth-order valence-corrected chi connectivity index (χ4v) is 3.13. The molecule has 4 N–H and O–H groups in total. The number of carbonyl (C=O) groups excluding carboxylic acids is 2. The van der Waals surface area contributed by atoms with E-state index in [-0.39, 0.29) is 11.5 Å². The number of carbonyl (C=O) groups is 4. The van der Waals surface area contributed by atoms with Crippen LogP contribution in [0.3, 0.4) is 0 Å². The van der Waals surface area contributed by atoms with Crippen LogP contribution in [-0.2, 0) is 19.2 Å². The number of carboxylic acid groups (broad SMARTS) is 2. The van der Waals surface area contributed by atoms with Gasteiger partial charge in [0.05, 0.1) is 0 Å². The second kappa shape index (κ2) is 12.1. The molecule has 0 unspecified atom stereocenters. The largest absolute Gasteiger partial charge is 0.483 e. The third-order valence-electron chi connectivity index (χ3n) is 4.19. The second-order valence-electron chi connectivity index (χ2n) is 6.47. The summed E-state index contributed by atoms with van der Waals surface area (Å²) in [7, 11) is 0. The Hall–Kier alpha value is -3.12. The van der Waals surface area contributed by atoms with Crippen molar-refractivity contribution >= 4 is 59.8 Å². The predicted octanol–water partition coefficient (Wildman–Crippen LogP) is 0.596. The molecule has 12 heteroatoms. The highest BCUT2D eigenvalue weighted by atomic mass is 32.1. The first kappa shape index (κ1) is 25.1. The van der Waals surface area contributed by atoms with Gasteiger partial charge in [0, 0.05) is 22.3 Å². The lowest BCUT2D eigenvalue weighted by Crippen LogP contribution is -2.44. The van der Waals surface area contributed by atoms with Crippen LogP contribution in [0.25, 0.3) is 10.8 Å². The van der Waals surface area contributed by atoms with E-state index in [9.17, 15) is 19.2 Å². The number of fused-ring (bicyclic) bond motifs is 1. The molecule has 0 aliphatic rings. The molecule has 32 heavy (non-hydrogen) atoms. The Bertz CT molecular complexity index is 921. The molecule has 10 nitrogen and oxygen atoms in total. The number of carboxylic acids is 2. The van der Waals surface area contributed by atoms with E-state index in [1.165, 1.54) is 0 Å². The molecular formula is C20H22N2O8S2. The average molecular weight is 483 g/mol. The zero-order chi connectivity index (χ0) is 23.7. The average Bonchev–Trinajstić information content (AvgIpc) is 2.77. The topological polar surface area (TPSA) is 151 Å². The summed E-state index contributed by atoms with van der Waals surface area (Å²) < 4.78 is 11.1. The molecule has 0 bridgehead atoms.